The zero-order valence-corrected chi connectivity index (χ0v) is 9.43. The molecule has 1 rings (SSSR count). The van der Waals surface area contributed by atoms with Gasteiger partial charge in [0.1, 0.15) is 5.75 Å². The van der Waals surface area contributed by atoms with E-state index in [1.807, 2.05) is 24.5 Å². The molecule has 1 aromatic carbocycles. The first-order chi connectivity index (χ1) is 8.08. The maximum Gasteiger partial charge on any atom is 0.281 e. The summed E-state index contributed by atoms with van der Waals surface area (Å²) in [5, 5.41) is 0. The molecule has 0 heterocycles. The molecule has 0 bridgehead atoms. The molecule has 2 amide bonds. The standard InChI is InChI=1S/C11H14N2O4/c1-8-3-2-4-9(5-8)16-7-11(15)13-17-6-10(12)14/h2-5H,6-7H2,1H3,(H2,12,14)(H,13,15). The fraction of sp³-hybridized carbons (Fsp3) is 0.273. The number of amides is 2. The maximum atomic E-state index is 11.2. The lowest BCUT2D eigenvalue weighted by molar-refractivity contribution is -0.139. The summed E-state index contributed by atoms with van der Waals surface area (Å²) >= 11 is 0. The van der Waals surface area contributed by atoms with Gasteiger partial charge in [0.2, 0.25) is 5.91 Å². The Morgan fingerprint density at radius 3 is 2.76 bits per heavy atom. The van der Waals surface area contributed by atoms with Crippen molar-refractivity contribution in [2.75, 3.05) is 13.2 Å². The topological polar surface area (TPSA) is 90.7 Å². The molecule has 0 radical (unpaired) electrons. The van der Waals surface area contributed by atoms with Crippen LogP contribution in [0, 0.1) is 6.92 Å². The van der Waals surface area contributed by atoms with Crippen molar-refractivity contribution in [1.29, 1.82) is 0 Å². The summed E-state index contributed by atoms with van der Waals surface area (Å²) in [4.78, 5) is 26.0. The monoisotopic (exact) mass is 238 g/mol. The second-order valence-corrected chi connectivity index (χ2v) is 3.39. The van der Waals surface area contributed by atoms with Crippen LogP contribution in [0.15, 0.2) is 24.3 Å². The van der Waals surface area contributed by atoms with E-state index in [-0.39, 0.29) is 13.2 Å². The molecule has 0 saturated heterocycles. The summed E-state index contributed by atoms with van der Waals surface area (Å²) in [6.07, 6.45) is 0. The predicted octanol–water partition coefficient (Wildman–Crippen LogP) is -0.0931. The summed E-state index contributed by atoms with van der Waals surface area (Å²) in [5.41, 5.74) is 7.88. The highest BCUT2D eigenvalue weighted by Gasteiger charge is 2.03. The smallest absolute Gasteiger partial charge is 0.281 e. The van der Waals surface area contributed by atoms with Crippen LogP contribution in [0.1, 0.15) is 5.56 Å². The lowest BCUT2D eigenvalue weighted by Gasteiger charge is -2.07. The summed E-state index contributed by atoms with van der Waals surface area (Å²) in [5.74, 6) is -0.562. The van der Waals surface area contributed by atoms with Crippen LogP contribution < -0.4 is 16.0 Å². The minimum atomic E-state index is -0.662. The van der Waals surface area contributed by atoms with E-state index >= 15 is 0 Å². The van der Waals surface area contributed by atoms with Crippen LogP contribution in [-0.4, -0.2) is 25.0 Å². The summed E-state index contributed by atoms with van der Waals surface area (Å²) in [7, 11) is 0. The third kappa shape index (κ3) is 5.53. The van der Waals surface area contributed by atoms with Crippen molar-refractivity contribution >= 4 is 11.8 Å². The van der Waals surface area contributed by atoms with Crippen LogP contribution in [0.2, 0.25) is 0 Å². The number of aryl methyl sites for hydroxylation is 1. The molecule has 6 nitrogen and oxygen atoms in total. The van der Waals surface area contributed by atoms with Gasteiger partial charge in [0, 0.05) is 0 Å². The number of hydrogen-bond acceptors (Lipinski definition) is 4. The van der Waals surface area contributed by atoms with Gasteiger partial charge in [-0.1, -0.05) is 12.1 Å². The van der Waals surface area contributed by atoms with E-state index in [2.05, 4.69) is 4.84 Å². The normalized spacial score (nSPS) is 9.71. The lowest BCUT2D eigenvalue weighted by Crippen LogP contribution is -2.32. The molecule has 6 heteroatoms. The Kier molecular flexibility index (Phi) is 4.96. The van der Waals surface area contributed by atoms with E-state index in [9.17, 15) is 9.59 Å². The molecule has 17 heavy (non-hydrogen) atoms. The highest BCUT2D eigenvalue weighted by molar-refractivity contribution is 5.77. The second kappa shape index (κ2) is 6.49. The molecule has 0 saturated carbocycles. The molecule has 0 atom stereocenters. The molecule has 0 aliphatic heterocycles. The number of hydroxylamine groups is 1. The van der Waals surface area contributed by atoms with Gasteiger partial charge in [0.05, 0.1) is 0 Å². The molecular formula is C11H14N2O4. The minimum Gasteiger partial charge on any atom is -0.484 e. The number of carbonyl (C=O) groups is 2. The molecule has 0 aliphatic carbocycles. The van der Waals surface area contributed by atoms with E-state index in [0.29, 0.717) is 5.75 Å². The van der Waals surface area contributed by atoms with Gasteiger partial charge in [0.15, 0.2) is 13.2 Å². The zero-order chi connectivity index (χ0) is 12.7. The van der Waals surface area contributed by atoms with Crippen LogP contribution in [0.4, 0.5) is 0 Å². The van der Waals surface area contributed by atoms with Gasteiger partial charge >= 0.3 is 0 Å². The zero-order valence-electron chi connectivity index (χ0n) is 9.43. The number of nitrogens with two attached hydrogens (primary N) is 1. The largest absolute Gasteiger partial charge is 0.484 e. The number of rotatable bonds is 6. The number of hydrogen-bond donors (Lipinski definition) is 2. The van der Waals surface area contributed by atoms with Crippen molar-refractivity contribution in [2.24, 2.45) is 5.73 Å². The Labute approximate surface area is 98.7 Å². The third-order valence-electron chi connectivity index (χ3n) is 1.76. The quantitative estimate of drug-likeness (QED) is 0.677. The van der Waals surface area contributed by atoms with Gasteiger partial charge in [-0.3, -0.25) is 14.4 Å². The number of ether oxygens (including phenoxy) is 1. The van der Waals surface area contributed by atoms with Crippen LogP contribution in [-0.2, 0) is 14.4 Å². The molecule has 1 aromatic rings. The Hall–Kier alpha value is -2.08. The SMILES string of the molecule is Cc1cccc(OCC(=O)NOCC(N)=O)c1. The van der Waals surface area contributed by atoms with Gasteiger partial charge in [-0.2, -0.15) is 0 Å². The number of primary amides is 1. The number of benzene rings is 1. The van der Waals surface area contributed by atoms with Crippen LogP contribution in [0.5, 0.6) is 5.75 Å². The van der Waals surface area contributed by atoms with Gasteiger partial charge < -0.3 is 10.5 Å². The predicted molar refractivity (Wildman–Crippen MR) is 60.0 cm³/mol. The first-order valence-corrected chi connectivity index (χ1v) is 4.96. The Morgan fingerprint density at radius 2 is 2.12 bits per heavy atom. The maximum absolute atomic E-state index is 11.2. The van der Waals surface area contributed by atoms with Crippen LogP contribution in [0.25, 0.3) is 0 Å². The number of carbonyl (C=O) groups excluding carboxylic acids is 2. The Balaban J connectivity index is 2.26. The third-order valence-corrected chi connectivity index (χ3v) is 1.76. The number of nitrogens with one attached hydrogen (secondary N) is 1. The Bertz CT molecular complexity index is 406. The fourth-order valence-electron chi connectivity index (χ4n) is 1.07. The van der Waals surface area contributed by atoms with Crippen LogP contribution in [0.3, 0.4) is 0 Å². The minimum absolute atomic E-state index is 0.192. The molecule has 92 valence electrons. The first kappa shape index (κ1) is 13.0. The van der Waals surface area contributed by atoms with E-state index in [4.69, 9.17) is 10.5 Å². The van der Waals surface area contributed by atoms with Crippen molar-refractivity contribution in [1.82, 2.24) is 5.48 Å². The van der Waals surface area contributed by atoms with Gasteiger partial charge in [-0.15, -0.1) is 0 Å². The summed E-state index contributed by atoms with van der Waals surface area (Å²) in [6, 6.07) is 7.29. The van der Waals surface area contributed by atoms with Crippen molar-refractivity contribution in [3.8, 4) is 5.75 Å². The molecule has 0 aromatic heterocycles. The van der Waals surface area contributed by atoms with Gasteiger partial charge in [0.25, 0.3) is 5.91 Å². The summed E-state index contributed by atoms with van der Waals surface area (Å²) in [6.45, 7) is 1.36. The van der Waals surface area contributed by atoms with Crippen molar-refractivity contribution in [3.05, 3.63) is 29.8 Å². The second-order valence-electron chi connectivity index (χ2n) is 3.39. The average molecular weight is 238 g/mol. The van der Waals surface area contributed by atoms with E-state index in [1.54, 1.807) is 12.1 Å². The van der Waals surface area contributed by atoms with Gasteiger partial charge in [-0.05, 0) is 24.6 Å². The average Bonchev–Trinajstić information content (AvgIpc) is 2.26. The highest BCUT2D eigenvalue weighted by atomic mass is 16.7. The van der Waals surface area contributed by atoms with Crippen molar-refractivity contribution < 1.29 is 19.2 Å². The molecule has 0 spiro atoms. The van der Waals surface area contributed by atoms with Gasteiger partial charge in [-0.25, -0.2) is 5.48 Å². The fourth-order valence-corrected chi connectivity index (χ4v) is 1.07. The van der Waals surface area contributed by atoms with Crippen molar-refractivity contribution in [3.63, 3.8) is 0 Å². The first-order valence-electron chi connectivity index (χ1n) is 4.96. The van der Waals surface area contributed by atoms with E-state index in [1.165, 1.54) is 0 Å². The molecule has 0 aliphatic rings. The van der Waals surface area contributed by atoms with E-state index in [0.717, 1.165) is 5.56 Å². The molecule has 0 unspecified atom stereocenters. The Morgan fingerprint density at radius 1 is 1.35 bits per heavy atom. The molecule has 0 fully saturated rings. The highest BCUT2D eigenvalue weighted by Crippen LogP contribution is 2.11. The summed E-state index contributed by atoms with van der Waals surface area (Å²) < 4.78 is 5.20. The van der Waals surface area contributed by atoms with Crippen molar-refractivity contribution in [2.45, 2.75) is 6.92 Å². The molecular weight excluding hydrogens is 224 g/mol. The molecule has 3 N–H and O–H groups in total. The van der Waals surface area contributed by atoms with E-state index < -0.39 is 11.8 Å². The van der Waals surface area contributed by atoms with Crippen LogP contribution >= 0.6 is 0 Å². The lowest BCUT2D eigenvalue weighted by atomic mass is 10.2.